The molecule has 3 heteroatoms. The molecule has 0 N–H and O–H groups in total. The summed E-state index contributed by atoms with van der Waals surface area (Å²) < 4.78 is 0. The Kier molecular flexibility index (Phi) is 2.91. The van der Waals surface area contributed by atoms with Crippen molar-refractivity contribution in [2.24, 2.45) is 5.92 Å². The number of nitrogens with zero attached hydrogens (tertiary/aromatic N) is 2. The van der Waals surface area contributed by atoms with Crippen LogP contribution in [0.2, 0.25) is 0 Å². The second-order valence-electron chi connectivity index (χ2n) is 4.29. The van der Waals surface area contributed by atoms with Gasteiger partial charge in [-0.1, -0.05) is 29.8 Å². The molecule has 1 aliphatic heterocycles. The van der Waals surface area contributed by atoms with Gasteiger partial charge in [-0.25, -0.2) is 0 Å². The highest BCUT2D eigenvalue weighted by molar-refractivity contribution is 5.79. The van der Waals surface area contributed by atoms with Crippen LogP contribution in [0.25, 0.3) is 0 Å². The van der Waals surface area contributed by atoms with E-state index in [0.29, 0.717) is 19.5 Å². The highest BCUT2D eigenvalue weighted by atomic mass is 16.2. The van der Waals surface area contributed by atoms with E-state index in [1.807, 2.05) is 31.2 Å². The van der Waals surface area contributed by atoms with Gasteiger partial charge in [-0.3, -0.25) is 4.79 Å². The van der Waals surface area contributed by atoms with E-state index in [4.69, 9.17) is 5.26 Å². The van der Waals surface area contributed by atoms with Crippen LogP contribution in [0, 0.1) is 24.2 Å². The minimum absolute atomic E-state index is 0.0899. The molecule has 1 amide bonds. The molecule has 1 atom stereocenters. The quantitative estimate of drug-likeness (QED) is 0.754. The summed E-state index contributed by atoms with van der Waals surface area (Å²) in [7, 11) is 0. The molecule has 1 aromatic rings. The largest absolute Gasteiger partial charge is 0.337 e. The Hall–Kier alpha value is -1.82. The molecule has 0 spiro atoms. The number of likely N-dealkylation sites (tertiary alicyclic amines) is 1. The highest BCUT2D eigenvalue weighted by Crippen LogP contribution is 2.19. The zero-order chi connectivity index (χ0) is 11.5. The van der Waals surface area contributed by atoms with Crippen LogP contribution in [0.15, 0.2) is 24.3 Å². The number of carbonyl (C=O) groups excluding carboxylic acids is 1. The molecule has 1 unspecified atom stereocenters. The smallest absolute Gasteiger partial charge is 0.224 e. The molecule has 1 aromatic carbocycles. The fourth-order valence-corrected chi connectivity index (χ4v) is 1.93. The Morgan fingerprint density at radius 2 is 2.12 bits per heavy atom. The maximum absolute atomic E-state index is 11.6. The second kappa shape index (κ2) is 4.36. The fourth-order valence-electron chi connectivity index (χ4n) is 1.93. The lowest BCUT2D eigenvalue weighted by molar-refractivity contribution is -0.128. The molecule has 3 nitrogen and oxygen atoms in total. The van der Waals surface area contributed by atoms with E-state index in [-0.39, 0.29) is 11.8 Å². The zero-order valence-corrected chi connectivity index (χ0v) is 9.31. The van der Waals surface area contributed by atoms with Crippen molar-refractivity contribution < 1.29 is 4.79 Å². The van der Waals surface area contributed by atoms with Gasteiger partial charge < -0.3 is 4.90 Å². The molecular weight excluding hydrogens is 200 g/mol. The molecule has 1 aliphatic rings. The van der Waals surface area contributed by atoms with Gasteiger partial charge in [0.25, 0.3) is 0 Å². The van der Waals surface area contributed by atoms with Gasteiger partial charge in [0.05, 0.1) is 12.0 Å². The van der Waals surface area contributed by atoms with Crippen molar-refractivity contribution in [3.8, 4) is 6.07 Å². The van der Waals surface area contributed by atoms with Crippen molar-refractivity contribution in [2.45, 2.75) is 19.9 Å². The first kappa shape index (κ1) is 10.7. The van der Waals surface area contributed by atoms with Crippen molar-refractivity contribution in [1.82, 2.24) is 4.90 Å². The molecule has 1 saturated heterocycles. The summed E-state index contributed by atoms with van der Waals surface area (Å²) in [6.07, 6.45) is 0.377. The first-order chi connectivity index (χ1) is 7.69. The van der Waals surface area contributed by atoms with Gasteiger partial charge in [0, 0.05) is 19.5 Å². The molecule has 1 fully saturated rings. The molecule has 0 radical (unpaired) electrons. The molecule has 1 heterocycles. The number of benzene rings is 1. The van der Waals surface area contributed by atoms with E-state index in [1.165, 1.54) is 5.56 Å². The van der Waals surface area contributed by atoms with E-state index in [1.54, 1.807) is 4.90 Å². The average Bonchev–Trinajstić information content (AvgIpc) is 2.63. The van der Waals surface area contributed by atoms with Gasteiger partial charge in [0.1, 0.15) is 0 Å². The maximum Gasteiger partial charge on any atom is 0.224 e. The van der Waals surface area contributed by atoms with Crippen LogP contribution in [0.3, 0.4) is 0 Å². The van der Waals surface area contributed by atoms with Crippen LogP contribution >= 0.6 is 0 Å². The predicted octanol–water partition coefficient (Wildman–Crippen LogP) is 1.87. The van der Waals surface area contributed by atoms with Gasteiger partial charge in [-0.05, 0) is 12.5 Å². The summed E-state index contributed by atoms with van der Waals surface area (Å²) in [6, 6.07) is 10.3. The second-order valence-corrected chi connectivity index (χ2v) is 4.29. The van der Waals surface area contributed by atoms with Gasteiger partial charge in [0.15, 0.2) is 0 Å². The van der Waals surface area contributed by atoms with E-state index in [2.05, 4.69) is 6.07 Å². The Morgan fingerprint density at radius 1 is 1.44 bits per heavy atom. The van der Waals surface area contributed by atoms with Crippen LogP contribution in [0.1, 0.15) is 17.5 Å². The number of hydrogen-bond donors (Lipinski definition) is 0. The van der Waals surface area contributed by atoms with Gasteiger partial charge in [-0.2, -0.15) is 5.26 Å². The molecule has 0 saturated carbocycles. The Morgan fingerprint density at radius 3 is 2.69 bits per heavy atom. The number of amides is 1. The Balaban J connectivity index is 2.03. The maximum atomic E-state index is 11.6. The topological polar surface area (TPSA) is 44.1 Å². The highest BCUT2D eigenvalue weighted by Gasteiger charge is 2.29. The summed E-state index contributed by atoms with van der Waals surface area (Å²) >= 11 is 0. The van der Waals surface area contributed by atoms with Crippen LogP contribution in [-0.2, 0) is 11.3 Å². The lowest BCUT2D eigenvalue weighted by Gasteiger charge is -2.15. The van der Waals surface area contributed by atoms with Crippen LogP contribution in [0.4, 0.5) is 0 Å². The van der Waals surface area contributed by atoms with Gasteiger partial charge >= 0.3 is 0 Å². The first-order valence-electron chi connectivity index (χ1n) is 5.42. The average molecular weight is 214 g/mol. The minimum atomic E-state index is -0.127. The summed E-state index contributed by atoms with van der Waals surface area (Å²) in [5.74, 6) is -0.0370. The number of aryl methyl sites for hydroxylation is 1. The number of carbonyl (C=O) groups is 1. The van der Waals surface area contributed by atoms with Crippen molar-refractivity contribution in [1.29, 1.82) is 5.26 Å². The Labute approximate surface area is 95.3 Å². The third kappa shape index (κ3) is 2.22. The molecule has 0 aromatic heterocycles. The van der Waals surface area contributed by atoms with E-state index in [9.17, 15) is 4.79 Å². The summed E-state index contributed by atoms with van der Waals surface area (Å²) in [5, 5.41) is 8.78. The van der Waals surface area contributed by atoms with Crippen molar-refractivity contribution in [3.63, 3.8) is 0 Å². The molecule has 82 valence electrons. The fraction of sp³-hybridized carbons (Fsp3) is 0.385. The third-order valence-corrected chi connectivity index (χ3v) is 2.89. The van der Waals surface area contributed by atoms with Crippen LogP contribution in [-0.4, -0.2) is 17.4 Å². The molecule has 2 rings (SSSR count). The minimum Gasteiger partial charge on any atom is -0.337 e. The van der Waals surface area contributed by atoms with Crippen LogP contribution < -0.4 is 0 Å². The summed E-state index contributed by atoms with van der Waals surface area (Å²) in [4.78, 5) is 13.4. The van der Waals surface area contributed by atoms with E-state index < -0.39 is 0 Å². The van der Waals surface area contributed by atoms with Gasteiger partial charge in [-0.15, -0.1) is 0 Å². The van der Waals surface area contributed by atoms with Gasteiger partial charge in [0.2, 0.25) is 5.91 Å². The normalized spacial score (nSPS) is 19.9. The molecule has 16 heavy (non-hydrogen) atoms. The third-order valence-electron chi connectivity index (χ3n) is 2.89. The predicted molar refractivity (Wildman–Crippen MR) is 60.3 cm³/mol. The number of nitriles is 1. The SMILES string of the molecule is Cc1ccc(CN2CC(C#N)CC2=O)cc1. The van der Waals surface area contributed by atoms with Crippen molar-refractivity contribution in [2.75, 3.05) is 6.54 Å². The number of hydrogen-bond acceptors (Lipinski definition) is 2. The molecular formula is C13H14N2O. The van der Waals surface area contributed by atoms with E-state index >= 15 is 0 Å². The lowest BCUT2D eigenvalue weighted by atomic mass is 10.1. The van der Waals surface area contributed by atoms with Crippen molar-refractivity contribution in [3.05, 3.63) is 35.4 Å². The molecule has 0 aliphatic carbocycles. The number of rotatable bonds is 2. The standard InChI is InChI=1S/C13H14N2O/c1-10-2-4-11(5-3-10)8-15-9-12(7-14)6-13(15)16/h2-5,12H,6,8-9H2,1H3. The Bertz CT molecular complexity index is 430. The zero-order valence-electron chi connectivity index (χ0n) is 9.31. The van der Waals surface area contributed by atoms with Crippen LogP contribution in [0.5, 0.6) is 0 Å². The summed E-state index contributed by atoms with van der Waals surface area (Å²) in [6.45, 7) is 3.23. The van der Waals surface area contributed by atoms with E-state index in [0.717, 1.165) is 5.56 Å². The first-order valence-corrected chi connectivity index (χ1v) is 5.42. The molecule has 0 bridgehead atoms. The lowest BCUT2D eigenvalue weighted by Crippen LogP contribution is -2.24. The monoisotopic (exact) mass is 214 g/mol. The summed E-state index contributed by atoms with van der Waals surface area (Å²) in [5.41, 5.74) is 2.34. The van der Waals surface area contributed by atoms with Crippen molar-refractivity contribution >= 4 is 5.91 Å².